The first-order valence-corrected chi connectivity index (χ1v) is 11.9. The Morgan fingerprint density at radius 2 is 1.85 bits per heavy atom. The number of pyridine rings is 1. The van der Waals surface area contributed by atoms with Gasteiger partial charge in [0.25, 0.3) is 5.56 Å². The number of aromatic nitrogens is 3. The van der Waals surface area contributed by atoms with E-state index < -0.39 is 15.8 Å². The Labute approximate surface area is 189 Å². The Hall–Kier alpha value is -3.79. The maximum absolute atomic E-state index is 14.8. The molecule has 0 aliphatic carbocycles. The Bertz CT molecular complexity index is 1530. The van der Waals surface area contributed by atoms with Crippen LogP contribution in [0.3, 0.4) is 0 Å². The molecule has 2 aromatic carbocycles. The van der Waals surface area contributed by atoms with Gasteiger partial charge in [-0.1, -0.05) is 6.92 Å². The van der Waals surface area contributed by atoms with Crippen LogP contribution in [0.5, 0.6) is 5.88 Å². The zero-order valence-electron chi connectivity index (χ0n) is 18.1. The van der Waals surface area contributed by atoms with Gasteiger partial charge in [0.1, 0.15) is 5.82 Å². The first-order chi connectivity index (χ1) is 15.7. The normalized spacial score (nSPS) is 11.5. The van der Waals surface area contributed by atoms with Gasteiger partial charge in [-0.2, -0.15) is 0 Å². The Kier molecular flexibility index (Phi) is 5.86. The molecule has 0 bridgehead atoms. The largest absolute Gasteiger partial charge is 0.482 e. The van der Waals surface area contributed by atoms with Crippen LogP contribution < -0.4 is 15.0 Å². The summed E-state index contributed by atoms with van der Waals surface area (Å²) in [6.07, 6.45) is 3.12. The van der Waals surface area contributed by atoms with Crippen molar-refractivity contribution in [3.63, 3.8) is 0 Å². The number of ether oxygens (including phenoxy) is 1. The highest BCUT2D eigenvalue weighted by Gasteiger charge is 2.15. The third kappa shape index (κ3) is 4.70. The highest BCUT2D eigenvalue weighted by atomic mass is 32.2. The van der Waals surface area contributed by atoms with E-state index >= 15 is 0 Å². The number of aryl methyl sites for hydroxylation is 1. The molecule has 0 aliphatic heterocycles. The molecule has 2 N–H and O–H groups in total. The quantitative estimate of drug-likeness (QED) is 0.446. The van der Waals surface area contributed by atoms with Gasteiger partial charge in [0, 0.05) is 16.7 Å². The van der Waals surface area contributed by atoms with Gasteiger partial charge in [0.05, 0.1) is 42.0 Å². The highest BCUT2D eigenvalue weighted by Crippen LogP contribution is 2.30. The van der Waals surface area contributed by atoms with E-state index in [9.17, 15) is 17.6 Å². The molecule has 170 valence electrons. The molecule has 8 nitrogen and oxygen atoms in total. The molecule has 0 saturated carbocycles. The summed E-state index contributed by atoms with van der Waals surface area (Å²) in [7, 11) is -2.06. The minimum atomic E-state index is -3.53. The molecule has 2 heterocycles. The molecule has 0 saturated heterocycles. The number of nitrogens with one attached hydrogen (secondary N) is 2. The van der Waals surface area contributed by atoms with Crippen molar-refractivity contribution in [2.24, 2.45) is 0 Å². The summed E-state index contributed by atoms with van der Waals surface area (Å²) in [5.41, 5.74) is 3.23. The average molecular weight is 469 g/mol. The summed E-state index contributed by atoms with van der Waals surface area (Å²) in [4.78, 5) is 24.4. The minimum absolute atomic E-state index is 0.113. The van der Waals surface area contributed by atoms with E-state index in [0.717, 1.165) is 17.9 Å². The van der Waals surface area contributed by atoms with Gasteiger partial charge in [-0.15, -0.1) is 0 Å². The number of nitrogens with zero attached hydrogens (tertiary/aromatic N) is 2. The number of aromatic amines is 1. The molecule has 10 heteroatoms. The van der Waals surface area contributed by atoms with Gasteiger partial charge < -0.3 is 4.74 Å². The van der Waals surface area contributed by atoms with Crippen molar-refractivity contribution in [1.29, 1.82) is 0 Å². The number of hydrogen-bond acceptors (Lipinski definition) is 6. The second-order valence-corrected chi connectivity index (χ2v) is 9.21. The molecule has 2 aromatic heterocycles. The zero-order chi connectivity index (χ0) is 23.8. The number of fused-ring (bicyclic) bond motifs is 1. The van der Waals surface area contributed by atoms with Crippen molar-refractivity contribution < 1.29 is 17.5 Å². The molecule has 0 amide bonds. The summed E-state index contributed by atoms with van der Waals surface area (Å²) in [5.74, 6) is -0.298. The smallest absolute Gasteiger partial charge is 0.258 e. The lowest BCUT2D eigenvalue weighted by Crippen LogP contribution is -2.10. The summed E-state index contributed by atoms with van der Waals surface area (Å²) < 4.78 is 44.9. The number of hydrogen-bond donors (Lipinski definition) is 2. The molecule has 4 aromatic rings. The van der Waals surface area contributed by atoms with Gasteiger partial charge in [0.2, 0.25) is 10.0 Å². The molecule has 0 atom stereocenters. The van der Waals surface area contributed by atoms with Crippen LogP contribution >= 0.6 is 0 Å². The monoisotopic (exact) mass is 468 g/mol. The van der Waals surface area contributed by atoms with E-state index in [1.165, 1.54) is 25.4 Å². The number of methoxy groups -OCH3 is 1. The fraction of sp³-hybridized carbons (Fsp3) is 0.174. The second kappa shape index (κ2) is 8.62. The number of rotatable bonds is 6. The van der Waals surface area contributed by atoms with Crippen molar-refractivity contribution in [2.45, 2.75) is 13.3 Å². The highest BCUT2D eigenvalue weighted by molar-refractivity contribution is 7.92. The maximum Gasteiger partial charge on any atom is 0.258 e. The standard InChI is InChI=1S/C23H21FN4O4S/c1-4-13-9-17(15-7-8-21(32-2)27-23(15)29)22-19(10-13)26-20(12-25-22)16-6-5-14(11-18(16)24)28-33(3,30)31/h5-12,28H,4H2,1-3H3,(H,27,29). The van der Waals surface area contributed by atoms with Gasteiger partial charge in [-0.25, -0.2) is 17.8 Å². The van der Waals surface area contributed by atoms with Crippen LogP contribution in [0.15, 0.2) is 53.5 Å². The summed E-state index contributed by atoms with van der Waals surface area (Å²) in [5, 5.41) is 0. The third-order valence-electron chi connectivity index (χ3n) is 5.06. The van der Waals surface area contributed by atoms with Crippen molar-refractivity contribution in [2.75, 3.05) is 18.1 Å². The van der Waals surface area contributed by atoms with Crippen LogP contribution in [0.1, 0.15) is 12.5 Å². The molecule has 4 rings (SSSR count). The number of sulfonamides is 1. The zero-order valence-corrected chi connectivity index (χ0v) is 19.0. The number of anilines is 1. The van der Waals surface area contributed by atoms with Crippen LogP contribution in [0.25, 0.3) is 33.4 Å². The first-order valence-electron chi connectivity index (χ1n) is 10.0. The van der Waals surface area contributed by atoms with E-state index in [1.807, 2.05) is 19.1 Å². The lowest BCUT2D eigenvalue weighted by molar-refractivity contribution is 0.397. The fourth-order valence-electron chi connectivity index (χ4n) is 3.51. The first kappa shape index (κ1) is 22.4. The predicted molar refractivity (Wildman–Crippen MR) is 125 cm³/mol. The lowest BCUT2D eigenvalue weighted by atomic mass is 10.0. The van der Waals surface area contributed by atoms with E-state index in [1.54, 1.807) is 12.1 Å². The number of H-pyrrole nitrogens is 1. The average Bonchev–Trinajstić information content (AvgIpc) is 2.77. The second-order valence-electron chi connectivity index (χ2n) is 7.46. The Morgan fingerprint density at radius 1 is 1.09 bits per heavy atom. The molecule has 0 spiro atoms. The molecule has 0 aliphatic rings. The molecule has 0 fully saturated rings. The molecule has 0 unspecified atom stereocenters. The molecule has 0 radical (unpaired) electrons. The van der Waals surface area contributed by atoms with Crippen LogP contribution in [0.4, 0.5) is 10.1 Å². The van der Waals surface area contributed by atoms with Crippen molar-refractivity contribution in [3.8, 4) is 28.3 Å². The van der Waals surface area contributed by atoms with E-state index in [2.05, 4.69) is 19.7 Å². The summed E-state index contributed by atoms with van der Waals surface area (Å²) in [6, 6.07) is 11.0. The SMILES string of the molecule is CCc1cc(-c2ccc(OC)[nH]c2=O)c2ncc(-c3ccc(NS(C)(=O)=O)cc3F)nc2c1. The topological polar surface area (TPSA) is 114 Å². The van der Waals surface area contributed by atoms with Crippen LogP contribution in [-0.2, 0) is 16.4 Å². The Morgan fingerprint density at radius 3 is 2.48 bits per heavy atom. The van der Waals surface area contributed by atoms with Crippen molar-refractivity contribution in [3.05, 3.63) is 70.4 Å². The summed E-state index contributed by atoms with van der Waals surface area (Å²) in [6.45, 7) is 1.98. The minimum Gasteiger partial charge on any atom is -0.482 e. The van der Waals surface area contributed by atoms with E-state index in [4.69, 9.17) is 4.74 Å². The van der Waals surface area contributed by atoms with E-state index in [0.29, 0.717) is 34.5 Å². The Balaban J connectivity index is 1.84. The summed E-state index contributed by atoms with van der Waals surface area (Å²) >= 11 is 0. The van der Waals surface area contributed by atoms with Gasteiger partial charge in [0.15, 0.2) is 5.88 Å². The predicted octanol–water partition coefficient (Wildman–Crippen LogP) is 3.73. The van der Waals surface area contributed by atoms with Crippen molar-refractivity contribution >= 4 is 26.7 Å². The fourth-order valence-corrected chi connectivity index (χ4v) is 4.06. The number of halogens is 1. The van der Waals surface area contributed by atoms with Gasteiger partial charge in [-0.05, 0) is 54.4 Å². The van der Waals surface area contributed by atoms with Crippen LogP contribution in [0, 0.1) is 5.82 Å². The molecular weight excluding hydrogens is 447 g/mol. The third-order valence-corrected chi connectivity index (χ3v) is 5.66. The van der Waals surface area contributed by atoms with Gasteiger partial charge >= 0.3 is 0 Å². The van der Waals surface area contributed by atoms with Crippen LogP contribution in [0.2, 0.25) is 0 Å². The van der Waals surface area contributed by atoms with Crippen molar-refractivity contribution in [1.82, 2.24) is 15.0 Å². The lowest BCUT2D eigenvalue weighted by Gasteiger charge is -2.11. The molecular formula is C23H21FN4O4S. The molecule has 33 heavy (non-hydrogen) atoms. The van der Waals surface area contributed by atoms with E-state index in [-0.39, 0.29) is 22.5 Å². The number of benzene rings is 2. The maximum atomic E-state index is 14.8. The van der Waals surface area contributed by atoms with Crippen LogP contribution in [-0.4, -0.2) is 36.7 Å². The van der Waals surface area contributed by atoms with Gasteiger partial charge in [-0.3, -0.25) is 19.5 Å².